The van der Waals surface area contributed by atoms with E-state index in [0.29, 0.717) is 6.04 Å². The van der Waals surface area contributed by atoms with Gasteiger partial charge in [-0.25, -0.2) is 0 Å². The fourth-order valence-corrected chi connectivity index (χ4v) is 2.17. The van der Waals surface area contributed by atoms with Gasteiger partial charge in [0.1, 0.15) is 6.04 Å². The second-order valence-electron chi connectivity index (χ2n) is 4.18. The summed E-state index contributed by atoms with van der Waals surface area (Å²) in [6.45, 7) is 1.27. The summed E-state index contributed by atoms with van der Waals surface area (Å²) in [6.07, 6.45) is 4.35. The van der Waals surface area contributed by atoms with Crippen LogP contribution in [-0.2, 0) is 0 Å². The molecule has 1 aliphatic rings. The van der Waals surface area contributed by atoms with Gasteiger partial charge in [0, 0.05) is 12.8 Å². The first-order valence-electron chi connectivity index (χ1n) is 4.56. The molecule has 1 aliphatic heterocycles. The van der Waals surface area contributed by atoms with Gasteiger partial charge in [-0.1, -0.05) is 0 Å². The summed E-state index contributed by atoms with van der Waals surface area (Å²) in [5.41, 5.74) is 0. The van der Waals surface area contributed by atoms with E-state index in [1.54, 1.807) is 6.26 Å². The van der Waals surface area contributed by atoms with Gasteiger partial charge in [0.15, 0.2) is 5.76 Å². The van der Waals surface area contributed by atoms with E-state index in [2.05, 4.69) is 20.2 Å². The Morgan fingerprint density at radius 3 is 2.69 bits per heavy atom. The van der Waals surface area contributed by atoms with Crippen molar-refractivity contribution in [3.05, 3.63) is 24.2 Å². The van der Waals surface area contributed by atoms with Gasteiger partial charge in [-0.2, -0.15) is 0 Å². The van der Waals surface area contributed by atoms with E-state index < -0.39 is 0 Å². The maximum absolute atomic E-state index is 5.44. The lowest BCUT2D eigenvalue weighted by Gasteiger charge is -2.29. The zero-order valence-electron chi connectivity index (χ0n) is 8.16. The Balaban J connectivity index is 0.000000845. The number of hydrogen-bond acceptors (Lipinski definition) is 1. The van der Waals surface area contributed by atoms with Crippen LogP contribution in [-0.4, -0.2) is 25.1 Å². The summed E-state index contributed by atoms with van der Waals surface area (Å²) in [5.74, 6) is 1.15. The molecule has 0 aliphatic carbocycles. The van der Waals surface area contributed by atoms with Crippen molar-refractivity contribution >= 4 is 0 Å². The molecule has 74 valence electrons. The number of nitrogens with zero attached hydrogens (tertiary/aromatic N) is 1. The Morgan fingerprint density at radius 2 is 2.23 bits per heavy atom. The van der Waals surface area contributed by atoms with E-state index in [-0.39, 0.29) is 24.0 Å². The van der Waals surface area contributed by atoms with Gasteiger partial charge < -0.3 is 32.9 Å². The Hall–Kier alpha value is -0.0300. The molecule has 0 unspecified atom stereocenters. The third-order valence-electron chi connectivity index (χ3n) is 2.93. The van der Waals surface area contributed by atoms with Crippen LogP contribution in [0.2, 0.25) is 0 Å². The maximum atomic E-state index is 5.44. The summed E-state index contributed by atoms with van der Waals surface area (Å²) in [5, 5.41) is 0. The first kappa shape index (κ1) is 11.0. The molecule has 1 atom stereocenters. The molecule has 0 spiro atoms. The summed E-state index contributed by atoms with van der Waals surface area (Å²) < 4.78 is 6.51. The molecule has 1 saturated heterocycles. The molecule has 0 radical (unpaired) electrons. The van der Waals surface area contributed by atoms with Crippen molar-refractivity contribution in [3.8, 4) is 0 Å². The Morgan fingerprint density at radius 1 is 1.46 bits per heavy atom. The van der Waals surface area contributed by atoms with Crippen molar-refractivity contribution in [1.82, 2.24) is 0 Å². The highest BCUT2D eigenvalue weighted by Gasteiger charge is 2.36. The second kappa shape index (κ2) is 4.00. The van der Waals surface area contributed by atoms with E-state index in [1.807, 2.05) is 6.07 Å². The summed E-state index contributed by atoms with van der Waals surface area (Å²) in [4.78, 5) is 0. The largest absolute Gasteiger partial charge is 1.00 e. The zero-order chi connectivity index (χ0) is 8.60. The predicted octanol–water partition coefficient (Wildman–Crippen LogP) is -0.805. The van der Waals surface area contributed by atoms with Gasteiger partial charge in [-0.15, -0.1) is 0 Å². The predicted molar refractivity (Wildman–Crippen MR) is 47.7 cm³/mol. The van der Waals surface area contributed by atoms with Crippen LogP contribution < -0.4 is 24.0 Å². The molecular weight excluding hydrogens is 277 g/mol. The van der Waals surface area contributed by atoms with Crippen LogP contribution in [0.1, 0.15) is 24.6 Å². The molecular formula is C10H16INO. The summed E-state index contributed by atoms with van der Waals surface area (Å²) >= 11 is 0. The Labute approximate surface area is 96.5 Å². The first-order chi connectivity index (χ1) is 5.70. The Kier molecular flexibility index (Phi) is 3.40. The van der Waals surface area contributed by atoms with Crippen LogP contribution in [0.4, 0.5) is 0 Å². The highest BCUT2D eigenvalue weighted by Crippen LogP contribution is 2.35. The second-order valence-corrected chi connectivity index (χ2v) is 4.18. The van der Waals surface area contributed by atoms with Gasteiger partial charge in [0.25, 0.3) is 0 Å². The minimum absolute atomic E-state index is 0. The highest BCUT2D eigenvalue weighted by atomic mass is 127. The van der Waals surface area contributed by atoms with Crippen LogP contribution >= 0.6 is 0 Å². The van der Waals surface area contributed by atoms with Crippen LogP contribution in [0.15, 0.2) is 22.8 Å². The quantitative estimate of drug-likeness (QED) is 0.488. The Bertz CT molecular complexity index is 256. The fraction of sp³-hybridized carbons (Fsp3) is 0.600. The molecule has 0 N–H and O–H groups in total. The van der Waals surface area contributed by atoms with Crippen molar-refractivity contribution in [2.24, 2.45) is 0 Å². The average molecular weight is 293 g/mol. The number of likely N-dealkylation sites (tertiary alicyclic amines) is 1. The fourth-order valence-electron chi connectivity index (χ4n) is 2.17. The minimum Gasteiger partial charge on any atom is -1.00 e. The average Bonchev–Trinajstić information content (AvgIpc) is 2.55. The molecule has 2 heterocycles. The lowest BCUT2D eigenvalue weighted by atomic mass is 10.1. The molecule has 0 saturated carbocycles. The van der Waals surface area contributed by atoms with E-state index in [0.717, 1.165) is 10.2 Å². The summed E-state index contributed by atoms with van der Waals surface area (Å²) in [6, 6.07) is 4.66. The third-order valence-corrected chi connectivity index (χ3v) is 2.93. The lowest BCUT2D eigenvalue weighted by molar-refractivity contribution is -0.909. The number of halogens is 1. The van der Waals surface area contributed by atoms with Crippen LogP contribution in [0.3, 0.4) is 0 Å². The standard InChI is InChI=1S/C10H16NO.HI/c1-11(2)7-3-5-9(11)10-6-4-8-12-10;/h4,6,8-9H,3,5,7H2,1-2H3;1H/q+1;/p-1/t9-;/m1./s1. The molecule has 0 bridgehead atoms. The lowest BCUT2D eigenvalue weighted by Crippen LogP contribution is -3.00. The molecule has 1 aromatic rings. The zero-order valence-corrected chi connectivity index (χ0v) is 10.3. The highest BCUT2D eigenvalue weighted by molar-refractivity contribution is 5.03. The monoisotopic (exact) mass is 293 g/mol. The minimum atomic E-state index is 0. The number of furan rings is 1. The number of rotatable bonds is 1. The van der Waals surface area contributed by atoms with Gasteiger partial charge >= 0.3 is 0 Å². The van der Waals surface area contributed by atoms with E-state index in [4.69, 9.17) is 4.42 Å². The van der Waals surface area contributed by atoms with Crippen molar-refractivity contribution < 1.29 is 32.9 Å². The number of quaternary nitrogens is 1. The summed E-state index contributed by atoms with van der Waals surface area (Å²) in [7, 11) is 4.56. The van der Waals surface area contributed by atoms with Crippen molar-refractivity contribution in [2.45, 2.75) is 18.9 Å². The van der Waals surface area contributed by atoms with E-state index >= 15 is 0 Å². The van der Waals surface area contributed by atoms with E-state index in [1.165, 1.54) is 19.4 Å². The normalized spacial score (nSPS) is 25.5. The maximum Gasteiger partial charge on any atom is 0.161 e. The topological polar surface area (TPSA) is 13.1 Å². The van der Waals surface area contributed by atoms with Gasteiger partial charge in [0.05, 0.1) is 26.9 Å². The van der Waals surface area contributed by atoms with E-state index in [9.17, 15) is 0 Å². The molecule has 3 heteroatoms. The van der Waals surface area contributed by atoms with Crippen LogP contribution in [0.25, 0.3) is 0 Å². The third kappa shape index (κ3) is 2.07. The van der Waals surface area contributed by atoms with Crippen molar-refractivity contribution in [3.63, 3.8) is 0 Å². The van der Waals surface area contributed by atoms with Gasteiger partial charge in [0.2, 0.25) is 0 Å². The van der Waals surface area contributed by atoms with Crippen molar-refractivity contribution in [1.29, 1.82) is 0 Å². The van der Waals surface area contributed by atoms with Gasteiger partial charge in [-0.3, -0.25) is 0 Å². The van der Waals surface area contributed by atoms with Crippen molar-refractivity contribution in [2.75, 3.05) is 20.6 Å². The molecule has 2 nitrogen and oxygen atoms in total. The van der Waals surface area contributed by atoms with Gasteiger partial charge in [-0.05, 0) is 12.1 Å². The van der Waals surface area contributed by atoms with Crippen LogP contribution in [0, 0.1) is 0 Å². The molecule has 0 amide bonds. The van der Waals surface area contributed by atoms with Crippen LogP contribution in [0.5, 0.6) is 0 Å². The molecule has 1 fully saturated rings. The first-order valence-corrected chi connectivity index (χ1v) is 4.56. The molecule has 0 aromatic carbocycles. The molecule has 13 heavy (non-hydrogen) atoms. The SMILES string of the molecule is C[N+]1(C)CCC[C@@H]1c1ccco1.[I-]. The molecule has 2 rings (SSSR count). The smallest absolute Gasteiger partial charge is 0.161 e. The molecule has 1 aromatic heterocycles. The number of hydrogen-bond donors (Lipinski definition) is 0.